The molecular formula is C15H21N3O3. The molecule has 0 unspecified atom stereocenters. The van der Waals surface area contributed by atoms with E-state index < -0.39 is 11.6 Å². The van der Waals surface area contributed by atoms with Crippen LogP contribution in [0.25, 0.3) is 0 Å². The van der Waals surface area contributed by atoms with Gasteiger partial charge in [-0.3, -0.25) is 4.79 Å². The average Bonchev–Trinajstić information content (AvgIpc) is 2.94. The Morgan fingerprint density at radius 3 is 2.33 bits per heavy atom. The zero-order chi connectivity index (χ0) is 15.3. The lowest BCUT2D eigenvalue weighted by molar-refractivity contribution is 0.0838. The molecule has 1 saturated carbocycles. The van der Waals surface area contributed by atoms with Gasteiger partial charge in [0.2, 0.25) is 0 Å². The number of nitrogens with one attached hydrogen (secondary N) is 2. The molecule has 0 bridgehead atoms. The molecule has 6 nitrogen and oxygen atoms in total. The van der Waals surface area contributed by atoms with E-state index in [1.807, 2.05) is 0 Å². The van der Waals surface area contributed by atoms with Crippen molar-refractivity contribution in [3.8, 4) is 0 Å². The summed E-state index contributed by atoms with van der Waals surface area (Å²) in [5.41, 5.74) is 5.94. The number of rotatable bonds is 5. The lowest BCUT2D eigenvalue weighted by atomic mass is 9.98. The second-order valence-corrected chi connectivity index (χ2v) is 5.51. The SMILES string of the molecule is NC(=O)NCc1ccc(C(=O)NC2(CO)CCCC2)cc1. The third-order valence-corrected chi connectivity index (χ3v) is 3.92. The normalized spacial score (nSPS) is 16.4. The molecule has 5 N–H and O–H groups in total. The zero-order valence-corrected chi connectivity index (χ0v) is 11.9. The van der Waals surface area contributed by atoms with Crippen molar-refractivity contribution in [2.45, 2.75) is 37.8 Å². The van der Waals surface area contributed by atoms with Crippen molar-refractivity contribution in [3.05, 3.63) is 35.4 Å². The molecule has 0 radical (unpaired) electrons. The lowest BCUT2D eigenvalue weighted by Crippen LogP contribution is -2.49. The number of aliphatic hydroxyl groups is 1. The second kappa shape index (κ2) is 6.58. The molecular weight excluding hydrogens is 270 g/mol. The highest BCUT2D eigenvalue weighted by Gasteiger charge is 2.34. The number of carbonyl (C=O) groups excluding carboxylic acids is 2. The molecule has 21 heavy (non-hydrogen) atoms. The number of hydrogen-bond acceptors (Lipinski definition) is 3. The van der Waals surface area contributed by atoms with Crippen LogP contribution in [-0.4, -0.2) is 29.2 Å². The van der Waals surface area contributed by atoms with Crippen LogP contribution in [0.3, 0.4) is 0 Å². The third-order valence-electron chi connectivity index (χ3n) is 3.92. The van der Waals surface area contributed by atoms with Gasteiger partial charge in [0.25, 0.3) is 5.91 Å². The Bertz CT molecular complexity index is 507. The van der Waals surface area contributed by atoms with E-state index in [0.29, 0.717) is 12.1 Å². The summed E-state index contributed by atoms with van der Waals surface area (Å²) in [4.78, 5) is 22.9. The van der Waals surface area contributed by atoms with Gasteiger partial charge < -0.3 is 21.5 Å². The van der Waals surface area contributed by atoms with Crippen LogP contribution in [0.4, 0.5) is 4.79 Å². The summed E-state index contributed by atoms with van der Waals surface area (Å²) in [6, 6.07) is 6.36. The minimum absolute atomic E-state index is 0.0284. The van der Waals surface area contributed by atoms with Gasteiger partial charge in [-0.05, 0) is 30.5 Å². The summed E-state index contributed by atoms with van der Waals surface area (Å²) in [6.45, 7) is 0.303. The fourth-order valence-corrected chi connectivity index (χ4v) is 2.65. The van der Waals surface area contributed by atoms with Crippen LogP contribution in [0, 0.1) is 0 Å². The molecule has 0 spiro atoms. The molecule has 0 saturated heterocycles. The van der Waals surface area contributed by atoms with E-state index in [1.54, 1.807) is 24.3 Å². The van der Waals surface area contributed by atoms with Crippen molar-refractivity contribution in [1.82, 2.24) is 10.6 Å². The highest BCUT2D eigenvalue weighted by molar-refractivity contribution is 5.94. The van der Waals surface area contributed by atoms with Gasteiger partial charge in [-0.25, -0.2) is 4.79 Å². The van der Waals surface area contributed by atoms with E-state index >= 15 is 0 Å². The first-order valence-electron chi connectivity index (χ1n) is 7.10. The summed E-state index contributed by atoms with van der Waals surface area (Å²) >= 11 is 0. The van der Waals surface area contributed by atoms with Crippen molar-refractivity contribution in [3.63, 3.8) is 0 Å². The number of carbonyl (C=O) groups is 2. The van der Waals surface area contributed by atoms with Gasteiger partial charge in [-0.15, -0.1) is 0 Å². The standard InChI is InChI=1S/C15H21N3O3/c16-14(21)17-9-11-3-5-12(6-4-11)13(20)18-15(10-19)7-1-2-8-15/h3-6,19H,1-2,7-10H2,(H,18,20)(H3,16,17,21). The van der Waals surface area contributed by atoms with Crippen LogP contribution >= 0.6 is 0 Å². The van der Waals surface area contributed by atoms with Crippen molar-refractivity contribution in [2.75, 3.05) is 6.61 Å². The van der Waals surface area contributed by atoms with Crippen LogP contribution in [0.2, 0.25) is 0 Å². The maximum absolute atomic E-state index is 12.2. The maximum atomic E-state index is 12.2. The van der Waals surface area contributed by atoms with Crippen molar-refractivity contribution in [2.24, 2.45) is 5.73 Å². The largest absolute Gasteiger partial charge is 0.394 e. The molecule has 0 heterocycles. The second-order valence-electron chi connectivity index (χ2n) is 5.51. The Kier molecular flexibility index (Phi) is 4.80. The van der Waals surface area contributed by atoms with Gasteiger partial charge in [-0.2, -0.15) is 0 Å². The van der Waals surface area contributed by atoms with Crippen LogP contribution in [0.5, 0.6) is 0 Å². The van der Waals surface area contributed by atoms with Crippen molar-refractivity contribution in [1.29, 1.82) is 0 Å². The third kappa shape index (κ3) is 3.95. The first kappa shape index (κ1) is 15.3. The summed E-state index contributed by atoms with van der Waals surface area (Å²) in [7, 11) is 0. The fraction of sp³-hybridized carbons (Fsp3) is 0.467. The van der Waals surface area contributed by atoms with Crippen LogP contribution in [-0.2, 0) is 6.54 Å². The minimum Gasteiger partial charge on any atom is -0.394 e. The summed E-state index contributed by atoms with van der Waals surface area (Å²) < 4.78 is 0. The molecule has 114 valence electrons. The molecule has 0 aromatic heterocycles. The summed E-state index contributed by atoms with van der Waals surface area (Å²) in [6.07, 6.45) is 3.68. The first-order chi connectivity index (χ1) is 10.0. The number of primary amides is 1. The molecule has 6 heteroatoms. The number of nitrogens with two attached hydrogens (primary N) is 1. The number of urea groups is 1. The van der Waals surface area contributed by atoms with E-state index in [1.165, 1.54) is 0 Å². The van der Waals surface area contributed by atoms with Gasteiger partial charge in [0.05, 0.1) is 12.1 Å². The zero-order valence-electron chi connectivity index (χ0n) is 11.9. The maximum Gasteiger partial charge on any atom is 0.312 e. The smallest absolute Gasteiger partial charge is 0.312 e. The van der Waals surface area contributed by atoms with Gasteiger partial charge in [-0.1, -0.05) is 25.0 Å². The molecule has 1 aliphatic carbocycles. The Labute approximate surface area is 123 Å². The number of hydrogen-bond donors (Lipinski definition) is 4. The molecule has 1 aliphatic rings. The molecule has 3 amide bonds. The van der Waals surface area contributed by atoms with Gasteiger partial charge in [0, 0.05) is 12.1 Å². The lowest BCUT2D eigenvalue weighted by Gasteiger charge is -2.28. The van der Waals surface area contributed by atoms with E-state index in [0.717, 1.165) is 31.2 Å². The molecule has 1 aromatic rings. The topological polar surface area (TPSA) is 104 Å². The predicted molar refractivity (Wildman–Crippen MR) is 78.6 cm³/mol. The molecule has 1 fully saturated rings. The van der Waals surface area contributed by atoms with E-state index in [9.17, 15) is 14.7 Å². The van der Waals surface area contributed by atoms with Crippen molar-refractivity contribution >= 4 is 11.9 Å². The Balaban J connectivity index is 1.98. The quantitative estimate of drug-likeness (QED) is 0.647. The number of benzene rings is 1. The fourth-order valence-electron chi connectivity index (χ4n) is 2.65. The monoisotopic (exact) mass is 291 g/mol. The van der Waals surface area contributed by atoms with Crippen molar-refractivity contribution < 1.29 is 14.7 Å². The first-order valence-corrected chi connectivity index (χ1v) is 7.10. The highest BCUT2D eigenvalue weighted by Crippen LogP contribution is 2.29. The van der Waals surface area contributed by atoms with E-state index in [4.69, 9.17) is 5.73 Å². The highest BCUT2D eigenvalue weighted by atomic mass is 16.3. The Morgan fingerprint density at radius 2 is 1.81 bits per heavy atom. The molecule has 2 rings (SSSR count). The molecule has 0 atom stereocenters. The van der Waals surface area contributed by atoms with Gasteiger partial charge in [0.15, 0.2) is 0 Å². The minimum atomic E-state index is -0.581. The van der Waals surface area contributed by atoms with Gasteiger partial charge in [0.1, 0.15) is 0 Å². The summed E-state index contributed by atoms with van der Waals surface area (Å²) in [5, 5.41) is 15.0. The van der Waals surface area contributed by atoms with Crippen LogP contribution in [0.1, 0.15) is 41.6 Å². The van der Waals surface area contributed by atoms with Crippen LogP contribution < -0.4 is 16.4 Å². The average molecular weight is 291 g/mol. The predicted octanol–water partition coefficient (Wildman–Crippen LogP) is 0.890. The Hall–Kier alpha value is -2.08. The Morgan fingerprint density at radius 1 is 1.19 bits per heavy atom. The number of amides is 3. The van der Waals surface area contributed by atoms with Gasteiger partial charge >= 0.3 is 6.03 Å². The van der Waals surface area contributed by atoms with Crippen LogP contribution in [0.15, 0.2) is 24.3 Å². The molecule has 0 aliphatic heterocycles. The van der Waals surface area contributed by atoms with E-state index in [-0.39, 0.29) is 12.5 Å². The number of aliphatic hydroxyl groups excluding tert-OH is 1. The summed E-state index contributed by atoms with van der Waals surface area (Å²) in [5.74, 6) is -0.180. The molecule has 1 aromatic carbocycles. The van der Waals surface area contributed by atoms with E-state index in [2.05, 4.69) is 10.6 Å².